The summed E-state index contributed by atoms with van der Waals surface area (Å²) in [6.45, 7) is 5.50. The predicted molar refractivity (Wildman–Crippen MR) is 67.7 cm³/mol. The van der Waals surface area contributed by atoms with Crippen molar-refractivity contribution in [2.45, 2.75) is 26.0 Å². The highest BCUT2D eigenvalue weighted by molar-refractivity contribution is 5.01. The van der Waals surface area contributed by atoms with Gasteiger partial charge in [-0.15, -0.1) is 0 Å². The molecule has 0 saturated heterocycles. The van der Waals surface area contributed by atoms with E-state index in [1.807, 2.05) is 38.9 Å². The molecule has 17 heavy (non-hydrogen) atoms. The molecule has 1 aromatic rings. The molecular formula is C12H22N4O. The number of aryl methyl sites for hydroxylation is 1. The van der Waals surface area contributed by atoms with Crippen molar-refractivity contribution in [3.63, 3.8) is 0 Å². The van der Waals surface area contributed by atoms with Gasteiger partial charge in [0.15, 0.2) is 0 Å². The van der Waals surface area contributed by atoms with E-state index in [9.17, 15) is 5.11 Å². The molecule has 0 aliphatic heterocycles. The number of hydrogen-bond acceptors (Lipinski definition) is 5. The van der Waals surface area contributed by atoms with E-state index in [0.717, 1.165) is 11.5 Å². The van der Waals surface area contributed by atoms with Crippen LogP contribution in [0, 0.1) is 6.92 Å². The van der Waals surface area contributed by atoms with Crippen molar-refractivity contribution in [3.8, 4) is 0 Å². The van der Waals surface area contributed by atoms with Crippen LogP contribution in [0.15, 0.2) is 12.3 Å². The fourth-order valence-electron chi connectivity index (χ4n) is 1.80. The Bertz CT molecular complexity index is 352. The molecule has 0 aromatic carbocycles. The van der Waals surface area contributed by atoms with E-state index in [0.29, 0.717) is 19.6 Å². The van der Waals surface area contributed by atoms with Crippen LogP contribution >= 0.6 is 0 Å². The van der Waals surface area contributed by atoms with Gasteiger partial charge in [-0.3, -0.25) is 0 Å². The highest BCUT2D eigenvalue weighted by Crippen LogP contribution is 2.03. The average Bonchev–Trinajstić information content (AvgIpc) is 2.15. The first-order chi connectivity index (χ1) is 7.89. The molecule has 0 spiro atoms. The molecule has 5 nitrogen and oxygen atoms in total. The lowest BCUT2D eigenvalue weighted by molar-refractivity contribution is 0.0335. The second-order valence-corrected chi connectivity index (χ2v) is 4.93. The minimum absolute atomic E-state index is 0.536. The monoisotopic (exact) mass is 238 g/mol. The summed E-state index contributed by atoms with van der Waals surface area (Å²) in [7, 11) is 3.89. The molecule has 1 rings (SSSR count). The zero-order chi connectivity index (χ0) is 12.9. The molecular weight excluding hydrogens is 216 g/mol. The summed E-state index contributed by atoms with van der Waals surface area (Å²) in [5, 5.41) is 13.3. The van der Waals surface area contributed by atoms with E-state index in [2.05, 4.69) is 15.3 Å². The van der Waals surface area contributed by atoms with E-state index in [1.165, 1.54) is 0 Å². The van der Waals surface area contributed by atoms with Crippen LogP contribution in [0.25, 0.3) is 0 Å². The van der Waals surface area contributed by atoms with E-state index in [-0.39, 0.29) is 0 Å². The summed E-state index contributed by atoms with van der Waals surface area (Å²) >= 11 is 0. The first-order valence-corrected chi connectivity index (χ1v) is 5.75. The Labute approximate surface area is 103 Å². The molecule has 1 atom stereocenters. The van der Waals surface area contributed by atoms with Crippen LogP contribution in [-0.4, -0.2) is 52.8 Å². The van der Waals surface area contributed by atoms with E-state index >= 15 is 0 Å². The van der Waals surface area contributed by atoms with Gasteiger partial charge in [0.1, 0.15) is 5.82 Å². The Hall–Kier alpha value is -1.04. The average molecular weight is 238 g/mol. The fraction of sp³-hybridized carbons (Fsp3) is 0.667. The first kappa shape index (κ1) is 14.0. The molecule has 0 bridgehead atoms. The van der Waals surface area contributed by atoms with Crippen LogP contribution in [0.2, 0.25) is 0 Å². The lowest BCUT2D eigenvalue weighted by atomic mass is 10.1. The predicted octanol–water partition coefficient (Wildman–Crippen LogP) is 0.187. The minimum Gasteiger partial charge on any atom is -0.388 e. The van der Waals surface area contributed by atoms with Gasteiger partial charge in [0.25, 0.3) is 0 Å². The van der Waals surface area contributed by atoms with Gasteiger partial charge < -0.3 is 15.3 Å². The van der Waals surface area contributed by atoms with Gasteiger partial charge in [0, 0.05) is 25.8 Å². The molecule has 96 valence electrons. The van der Waals surface area contributed by atoms with Gasteiger partial charge in [-0.2, -0.15) is 0 Å². The number of nitrogens with one attached hydrogen (secondary N) is 1. The lowest BCUT2D eigenvalue weighted by Gasteiger charge is -2.27. The van der Waals surface area contributed by atoms with E-state index < -0.39 is 5.60 Å². The van der Waals surface area contributed by atoms with Crippen LogP contribution < -0.4 is 5.32 Å². The third-order valence-corrected chi connectivity index (χ3v) is 2.30. The standard InChI is InChI=1S/C12H22N4O/c1-10-14-6-5-11(15-10)7-13-8-12(2,17)9-16(3)4/h5-6,13,17H,7-9H2,1-4H3. The largest absolute Gasteiger partial charge is 0.388 e. The van der Waals surface area contributed by atoms with E-state index in [1.54, 1.807) is 6.20 Å². The number of aliphatic hydroxyl groups is 1. The molecule has 1 heterocycles. The topological polar surface area (TPSA) is 61.3 Å². The normalized spacial score (nSPS) is 14.9. The molecule has 0 fully saturated rings. The van der Waals surface area contributed by atoms with Crippen LogP contribution in [-0.2, 0) is 6.54 Å². The van der Waals surface area contributed by atoms with Crippen molar-refractivity contribution in [3.05, 3.63) is 23.8 Å². The Balaban J connectivity index is 2.37. The number of rotatable bonds is 6. The van der Waals surface area contributed by atoms with Crippen LogP contribution in [0.3, 0.4) is 0 Å². The molecule has 1 aromatic heterocycles. The molecule has 0 aliphatic carbocycles. The van der Waals surface area contributed by atoms with Crippen molar-refractivity contribution in [1.29, 1.82) is 0 Å². The summed E-state index contributed by atoms with van der Waals surface area (Å²) in [6.07, 6.45) is 1.75. The summed E-state index contributed by atoms with van der Waals surface area (Å²) in [5.74, 6) is 0.768. The van der Waals surface area contributed by atoms with Gasteiger partial charge in [-0.05, 0) is 34.0 Å². The second-order valence-electron chi connectivity index (χ2n) is 4.93. The summed E-state index contributed by atoms with van der Waals surface area (Å²) in [6, 6.07) is 1.88. The maximum absolute atomic E-state index is 10.1. The number of aromatic nitrogens is 2. The maximum atomic E-state index is 10.1. The zero-order valence-corrected chi connectivity index (χ0v) is 11.1. The smallest absolute Gasteiger partial charge is 0.125 e. The zero-order valence-electron chi connectivity index (χ0n) is 11.1. The molecule has 0 radical (unpaired) electrons. The Morgan fingerprint density at radius 3 is 2.76 bits per heavy atom. The second kappa shape index (κ2) is 6.05. The van der Waals surface area contributed by atoms with Gasteiger partial charge in [-0.25, -0.2) is 9.97 Å². The van der Waals surface area contributed by atoms with Crippen LogP contribution in [0.1, 0.15) is 18.4 Å². The van der Waals surface area contributed by atoms with Crippen molar-refractivity contribution in [1.82, 2.24) is 20.2 Å². The van der Waals surface area contributed by atoms with Gasteiger partial charge in [-0.1, -0.05) is 0 Å². The molecule has 2 N–H and O–H groups in total. The van der Waals surface area contributed by atoms with Gasteiger partial charge in [0.2, 0.25) is 0 Å². The van der Waals surface area contributed by atoms with Crippen LogP contribution in [0.4, 0.5) is 0 Å². The highest BCUT2D eigenvalue weighted by atomic mass is 16.3. The Morgan fingerprint density at radius 1 is 1.47 bits per heavy atom. The molecule has 0 saturated carbocycles. The summed E-state index contributed by atoms with van der Waals surface area (Å²) < 4.78 is 0. The maximum Gasteiger partial charge on any atom is 0.125 e. The van der Waals surface area contributed by atoms with Gasteiger partial charge in [0.05, 0.1) is 11.3 Å². The quantitative estimate of drug-likeness (QED) is 0.740. The van der Waals surface area contributed by atoms with Crippen molar-refractivity contribution >= 4 is 0 Å². The van der Waals surface area contributed by atoms with Gasteiger partial charge >= 0.3 is 0 Å². The van der Waals surface area contributed by atoms with Crippen molar-refractivity contribution < 1.29 is 5.11 Å². The Kier molecular flexibility index (Phi) is 4.99. The SMILES string of the molecule is Cc1nccc(CNCC(C)(O)CN(C)C)n1. The third-order valence-electron chi connectivity index (χ3n) is 2.30. The fourth-order valence-corrected chi connectivity index (χ4v) is 1.80. The van der Waals surface area contributed by atoms with Crippen molar-refractivity contribution in [2.24, 2.45) is 0 Å². The first-order valence-electron chi connectivity index (χ1n) is 5.75. The minimum atomic E-state index is -0.731. The highest BCUT2D eigenvalue weighted by Gasteiger charge is 2.20. The molecule has 5 heteroatoms. The van der Waals surface area contributed by atoms with Crippen molar-refractivity contribution in [2.75, 3.05) is 27.2 Å². The number of likely N-dealkylation sites (N-methyl/N-ethyl adjacent to an activating group) is 1. The van der Waals surface area contributed by atoms with Crippen LogP contribution in [0.5, 0.6) is 0 Å². The van der Waals surface area contributed by atoms with E-state index in [4.69, 9.17) is 0 Å². The number of nitrogens with zero attached hydrogens (tertiary/aromatic N) is 3. The lowest BCUT2D eigenvalue weighted by Crippen LogP contribution is -2.45. The third kappa shape index (κ3) is 5.72. The molecule has 0 amide bonds. The Morgan fingerprint density at radius 2 is 2.18 bits per heavy atom. The number of hydrogen-bond donors (Lipinski definition) is 2. The molecule has 1 unspecified atom stereocenters. The summed E-state index contributed by atoms with van der Waals surface area (Å²) in [5.41, 5.74) is 0.212. The molecule has 0 aliphatic rings. The summed E-state index contributed by atoms with van der Waals surface area (Å²) in [4.78, 5) is 10.3.